The van der Waals surface area contributed by atoms with Gasteiger partial charge in [-0.3, -0.25) is 14.6 Å². The van der Waals surface area contributed by atoms with E-state index in [1.54, 1.807) is 22.2 Å². The number of nitrogens with zero attached hydrogens (tertiary/aromatic N) is 4. The minimum atomic E-state index is -0.262. The van der Waals surface area contributed by atoms with Gasteiger partial charge in [0.15, 0.2) is 0 Å². The lowest BCUT2D eigenvalue weighted by atomic mass is 10.1. The highest BCUT2D eigenvalue weighted by Crippen LogP contribution is 2.29. The van der Waals surface area contributed by atoms with E-state index < -0.39 is 0 Å². The highest BCUT2D eigenvalue weighted by molar-refractivity contribution is 6.00. The van der Waals surface area contributed by atoms with Crippen LogP contribution in [0.4, 0.5) is 5.69 Å². The molecule has 0 N–H and O–H groups in total. The summed E-state index contributed by atoms with van der Waals surface area (Å²) in [7, 11) is 3.93. The molecular weight excluding hydrogens is 376 g/mol. The van der Waals surface area contributed by atoms with E-state index in [4.69, 9.17) is 0 Å². The van der Waals surface area contributed by atoms with Crippen LogP contribution in [0, 0.1) is 5.92 Å². The van der Waals surface area contributed by atoms with E-state index in [-0.39, 0.29) is 17.7 Å². The van der Waals surface area contributed by atoms with Crippen LogP contribution in [0.25, 0.3) is 0 Å². The highest BCUT2D eigenvalue weighted by atomic mass is 16.2. The molecule has 1 aliphatic rings. The first-order valence-corrected chi connectivity index (χ1v) is 10.7. The molecule has 30 heavy (non-hydrogen) atoms. The van der Waals surface area contributed by atoms with Crippen molar-refractivity contribution in [3.63, 3.8) is 0 Å². The van der Waals surface area contributed by atoms with Crippen LogP contribution in [0.1, 0.15) is 30.9 Å². The minimum absolute atomic E-state index is 0.0414. The van der Waals surface area contributed by atoms with Gasteiger partial charge in [0, 0.05) is 51.2 Å². The van der Waals surface area contributed by atoms with Gasteiger partial charge < -0.3 is 14.7 Å². The second-order valence-electron chi connectivity index (χ2n) is 8.09. The molecular formula is C24H32N4O2. The molecule has 1 atom stereocenters. The van der Waals surface area contributed by atoms with Gasteiger partial charge in [-0.2, -0.15) is 0 Å². The molecule has 0 saturated carbocycles. The second kappa shape index (κ2) is 10.3. The predicted octanol–water partition coefficient (Wildman–Crippen LogP) is 2.98. The van der Waals surface area contributed by atoms with Crippen LogP contribution in [-0.4, -0.2) is 60.3 Å². The molecule has 6 nitrogen and oxygen atoms in total. The Labute approximate surface area is 179 Å². The molecule has 0 aliphatic carbocycles. The topological polar surface area (TPSA) is 56.8 Å². The fraction of sp³-hybridized carbons (Fsp3) is 0.458. The number of aromatic nitrogens is 1. The largest absolute Gasteiger partial charge is 0.345 e. The minimum Gasteiger partial charge on any atom is -0.345 e. The lowest BCUT2D eigenvalue weighted by Gasteiger charge is -2.23. The fourth-order valence-corrected chi connectivity index (χ4v) is 4.06. The van der Waals surface area contributed by atoms with Gasteiger partial charge in [-0.15, -0.1) is 0 Å². The van der Waals surface area contributed by atoms with Crippen molar-refractivity contribution in [3.8, 4) is 0 Å². The number of anilines is 1. The van der Waals surface area contributed by atoms with Gasteiger partial charge in [-0.1, -0.05) is 25.1 Å². The van der Waals surface area contributed by atoms with Gasteiger partial charge in [0.2, 0.25) is 11.8 Å². The number of carbonyl (C=O) groups excluding carboxylic acids is 2. The van der Waals surface area contributed by atoms with Gasteiger partial charge in [-0.05, 0) is 55.8 Å². The van der Waals surface area contributed by atoms with Crippen molar-refractivity contribution in [2.45, 2.75) is 32.7 Å². The van der Waals surface area contributed by atoms with Crippen LogP contribution in [0.2, 0.25) is 0 Å². The van der Waals surface area contributed by atoms with Crippen molar-refractivity contribution in [2.24, 2.45) is 5.92 Å². The number of para-hydroxylation sites is 1. The summed E-state index contributed by atoms with van der Waals surface area (Å²) < 4.78 is 0. The Kier molecular flexibility index (Phi) is 7.57. The van der Waals surface area contributed by atoms with E-state index in [0.29, 0.717) is 19.5 Å². The van der Waals surface area contributed by atoms with Crippen LogP contribution in [0.3, 0.4) is 0 Å². The van der Waals surface area contributed by atoms with Gasteiger partial charge in [0.05, 0.1) is 5.92 Å². The Hall–Kier alpha value is -2.73. The van der Waals surface area contributed by atoms with Crippen molar-refractivity contribution in [1.82, 2.24) is 14.8 Å². The summed E-state index contributed by atoms with van der Waals surface area (Å²) in [5.74, 6) is -0.154. The number of carbonyl (C=O) groups is 2. The summed E-state index contributed by atoms with van der Waals surface area (Å²) in [6, 6.07) is 12.0. The van der Waals surface area contributed by atoms with Crippen LogP contribution < -0.4 is 4.90 Å². The third kappa shape index (κ3) is 5.45. The van der Waals surface area contributed by atoms with E-state index in [2.05, 4.69) is 23.9 Å². The molecule has 1 fully saturated rings. The number of hydrogen-bond acceptors (Lipinski definition) is 4. The van der Waals surface area contributed by atoms with Crippen molar-refractivity contribution < 1.29 is 9.59 Å². The van der Waals surface area contributed by atoms with Gasteiger partial charge >= 0.3 is 0 Å². The molecule has 2 heterocycles. The zero-order chi connectivity index (χ0) is 21.5. The van der Waals surface area contributed by atoms with E-state index in [1.165, 1.54) is 5.56 Å². The van der Waals surface area contributed by atoms with Crippen LogP contribution in [-0.2, 0) is 22.6 Å². The molecule has 2 aromatic rings. The fourth-order valence-electron chi connectivity index (χ4n) is 4.06. The average Bonchev–Trinajstić information content (AvgIpc) is 3.15. The van der Waals surface area contributed by atoms with E-state index in [0.717, 1.165) is 37.2 Å². The number of hydrogen-bond donors (Lipinski definition) is 0. The van der Waals surface area contributed by atoms with Gasteiger partial charge in [-0.25, -0.2) is 0 Å². The molecule has 0 radical (unpaired) electrons. The Morgan fingerprint density at radius 1 is 1.13 bits per heavy atom. The molecule has 0 bridgehead atoms. The molecule has 3 rings (SSSR count). The Morgan fingerprint density at radius 3 is 2.60 bits per heavy atom. The van der Waals surface area contributed by atoms with Crippen LogP contribution in [0.5, 0.6) is 0 Å². The maximum Gasteiger partial charge on any atom is 0.227 e. The number of pyridine rings is 1. The Morgan fingerprint density at radius 2 is 1.87 bits per heavy atom. The molecule has 1 saturated heterocycles. The van der Waals surface area contributed by atoms with Crippen molar-refractivity contribution >= 4 is 17.5 Å². The first-order valence-electron chi connectivity index (χ1n) is 10.7. The van der Waals surface area contributed by atoms with Crippen molar-refractivity contribution in [2.75, 3.05) is 38.6 Å². The first kappa shape index (κ1) is 22.0. The van der Waals surface area contributed by atoms with E-state index >= 15 is 0 Å². The Bertz CT molecular complexity index is 855. The smallest absolute Gasteiger partial charge is 0.227 e. The number of aryl methyl sites for hydroxylation is 1. The van der Waals surface area contributed by atoms with E-state index in [1.807, 2.05) is 43.4 Å². The number of amides is 2. The standard InChI is InChI=1S/C24H32N4O2/c1-4-20-8-5-6-9-22(20)28-18-21(16-23(28)29)24(30)27(3)15-7-14-26(2)17-19-10-12-25-13-11-19/h5-6,8-13,21H,4,7,14-18H2,1-3H3. The zero-order valence-electron chi connectivity index (χ0n) is 18.3. The lowest BCUT2D eigenvalue weighted by Crippen LogP contribution is -2.36. The summed E-state index contributed by atoms with van der Waals surface area (Å²) in [6.07, 6.45) is 5.67. The average molecular weight is 409 g/mol. The van der Waals surface area contributed by atoms with E-state index in [9.17, 15) is 9.59 Å². The Balaban J connectivity index is 1.48. The predicted molar refractivity (Wildman–Crippen MR) is 119 cm³/mol. The van der Waals surface area contributed by atoms with Crippen LogP contribution >= 0.6 is 0 Å². The van der Waals surface area contributed by atoms with Gasteiger partial charge in [0.25, 0.3) is 0 Å². The molecule has 160 valence electrons. The van der Waals surface area contributed by atoms with Crippen molar-refractivity contribution in [3.05, 3.63) is 59.9 Å². The number of benzene rings is 1. The zero-order valence-corrected chi connectivity index (χ0v) is 18.3. The first-order chi connectivity index (χ1) is 14.5. The summed E-state index contributed by atoms with van der Waals surface area (Å²) in [5, 5.41) is 0. The maximum atomic E-state index is 12.9. The molecule has 1 unspecified atom stereocenters. The quantitative estimate of drug-likeness (QED) is 0.640. The normalized spacial score (nSPS) is 16.3. The molecule has 1 aromatic heterocycles. The maximum absolute atomic E-state index is 12.9. The molecule has 0 spiro atoms. The highest BCUT2D eigenvalue weighted by Gasteiger charge is 2.36. The molecule has 2 amide bonds. The van der Waals surface area contributed by atoms with Crippen molar-refractivity contribution in [1.29, 1.82) is 0 Å². The number of rotatable bonds is 9. The summed E-state index contributed by atoms with van der Waals surface area (Å²) in [4.78, 5) is 35.4. The monoisotopic (exact) mass is 408 g/mol. The third-order valence-corrected chi connectivity index (χ3v) is 5.75. The molecule has 6 heteroatoms. The summed E-state index contributed by atoms with van der Waals surface area (Å²) in [6.45, 7) is 5.01. The summed E-state index contributed by atoms with van der Waals surface area (Å²) in [5.41, 5.74) is 3.32. The van der Waals surface area contributed by atoms with Gasteiger partial charge in [0.1, 0.15) is 0 Å². The second-order valence-corrected chi connectivity index (χ2v) is 8.09. The summed E-state index contributed by atoms with van der Waals surface area (Å²) >= 11 is 0. The van der Waals surface area contributed by atoms with Crippen LogP contribution in [0.15, 0.2) is 48.8 Å². The molecule has 1 aliphatic heterocycles. The lowest BCUT2D eigenvalue weighted by molar-refractivity contribution is -0.134. The SMILES string of the molecule is CCc1ccccc1N1CC(C(=O)N(C)CCCN(C)Cc2ccncc2)CC1=O. The molecule has 1 aromatic carbocycles. The third-order valence-electron chi connectivity index (χ3n) is 5.75.